The van der Waals surface area contributed by atoms with Gasteiger partial charge in [0.15, 0.2) is 0 Å². The molecule has 0 aliphatic heterocycles. The molecule has 7 heteroatoms. The minimum Gasteiger partial charge on any atom is -0.397 e. The van der Waals surface area contributed by atoms with Crippen LogP contribution in [0.5, 0.6) is 0 Å². The number of nitrogens with two attached hydrogens (primary N) is 1. The summed E-state index contributed by atoms with van der Waals surface area (Å²) in [5.41, 5.74) is 9.40. The zero-order valence-corrected chi connectivity index (χ0v) is 17.5. The number of carbonyl (C=O) groups excluding carboxylic acids is 1. The molecule has 0 unspecified atom stereocenters. The van der Waals surface area contributed by atoms with Crippen molar-refractivity contribution in [3.8, 4) is 11.3 Å². The molecule has 0 atom stereocenters. The number of allylic oxidation sites excluding steroid dienone is 1. The molecule has 0 spiro atoms. The van der Waals surface area contributed by atoms with Crippen LogP contribution in [0, 0.1) is 5.82 Å². The third-order valence-electron chi connectivity index (χ3n) is 4.54. The quantitative estimate of drug-likeness (QED) is 0.376. The first-order valence-corrected chi connectivity index (χ1v) is 10.3. The monoisotopic (exact) mass is 437 g/mol. The van der Waals surface area contributed by atoms with Crippen molar-refractivity contribution in [3.05, 3.63) is 82.0 Å². The molecule has 0 saturated carbocycles. The van der Waals surface area contributed by atoms with Crippen LogP contribution in [0.25, 0.3) is 27.6 Å². The minimum atomic E-state index is -0.614. The third-order valence-corrected chi connectivity index (χ3v) is 5.89. The molecule has 2 aromatic heterocycles. The van der Waals surface area contributed by atoms with E-state index in [9.17, 15) is 9.18 Å². The lowest BCUT2D eigenvalue weighted by atomic mass is 10.1. The van der Waals surface area contributed by atoms with Crippen LogP contribution in [0.4, 0.5) is 15.8 Å². The van der Waals surface area contributed by atoms with Gasteiger partial charge in [-0.05, 0) is 42.8 Å². The Balaban J connectivity index is 1.65. The Hall–Kier alpha value is -3.22. The molecule has 0 bridgehead atoms. The topological polar surface area (TPSA) is 68.0 Å². The van der Waals surface area contributed by atoms with Crippen LogP contribution in [0.15, 0.2) is 60.7 Å². The summed E-state index contributed by atoms with van der Waals surface area (Å²) in [4.78, 5) is 18.3. The second-order valence-electron chi connectivity index (χ2n) is 6.59. The van der Waals surface area contributed by atoms with Gasteiger partial charge in [0.25, 0.3) is 5.91 Å². The summed E-state index contributed by atoms with van der Waals surface area (Å²) in [5.74, 6) is -1.11. The number of fused-ring (bicyclic) bond motifs is 1. The van der Waals surface area contributed by atoms with E-state index in [1.54, 1.807) is 0 Å². The van der Waals surface area contributed by atoms with Crippen LogP contribution >= 0.6 is 22.9 Å². The van der Waals surface area contributed by atoms with Gasteiger partial charge in [-0.2, -0.15) is 0 Å². The van der Waals surface area contributed by atoms with Crippen LogP contribution in [-0.4, -0.2) is 10.9 Å². The van der Waals surface area contributed by atoms with Crippen molar-refractivity contribution in [1.82, 2.24) is 4.98 Å². The number of aromatic nitrogens is 1. The number of nitrogen functional groups attached to an aromatic ring is 1. The second-order valence-corrected chi connectivity index (χ2v) is 8.03. The first-order chi connectivity index (χ1) is 14.5. The SMILES string of the molecule is CC=Cc1ccc(-c2ccc3c(N)c(C(=O)Nc4ccc(Cl)cc4F)sc3n2)cc1. The zero-order chi connectivity index (χ0) is 21.3. The molecule has 4 aromatic rings. The van der Waals surface area contributed by atoms with Gasteiger partial charge in [-0.1, -0.05) is 48.0 Å². The fraction of sp³-hybridized carbons (Fsp3) is 0.0435. The van der Waals surface area contributed by atoms with Gasteiger partial charge in [-0.3, -0.25) is 4.79 Å². The molecule has 0 aliphatic rings. The van der Waals surface area contributed by atoms with E-state index >= 15 is 0 Å². The van der Waals surface area contributed by atoms with Crippen molar-refractivity contribution in [2.75, 3.05) is 11.1 Å². The van der Waals surface area contributed by atoms with E-state index in [4.69, 9.17) is 17.3 Å². The van der Waals surface area contributed by atoms with Crippen molar-refractivity contribution >= 4 is 56.5 Å². The first kappa shape index (κ1) is 20.1. The summed E-state index contributed by atoms with van der Waals surface area (Å²) >= 11 is 6.93. The molecular weight excluding hydrogens is 421 g/mol. The highest BCUT2D eigenvalue weighted by atomic mass is 35.5. The second kappa shape index (κ2) is 8.26. The van der Waals surface area contributed by atoms with E-state index in [-0.39, 0.29) is 15.6 Å². The van der Waals surface area contributed by atoms with Crippen molar-refractivity contribution in [2.24, 2.45) is 0 Å². The number of benzene rings is 2. The molecule has 4 rings (SSSR count). The first-order valence-electron chi connectivity index (χ1n) is 9.15. The lowest BCUT2D eigenvalue weighted by Gasteiger charge is -2.05. The van der Waals surface area contributed by atoms with Crippen LogP contribution in [-0.2, 0) is 0 Å². The molecule has 0 saturated heterocycles. The molecule has 0 radical (unpaired) electrons. The Bertz CT molecular complexity index is 1280. The van der Waals surface area contributed by atoms with Gasteiger partial charge in [-0.25, -0.2) is 9.37 Å². The minimum absolute atomic E-state index is 0.0381. The number of pyridine rings is 1. The fourth-order valence-electron chi connectivity index (χ4n) is 3.05. The Morgan fingerprint density at radius 3 is 2.63 bits per heavy atom. The predicted octanol–water partition coefficient (Wildman–Crippen LogP) is 6.62. The number of anilines is 2. The molecule has 3 N–H and O–H groups in total. The molecule has 2 aromatic carbocycles. The summed E-state index contributed by atoms with van der Waals surface area (Å²) in [5, 5.41) is 3.49. The van der Waals surface area contributed by atoms with Crippen LogP contribution < -0.4 is 11.1 Å². The van der Waals surface area contributed by atoms with E-state index in [2.05, 4.69) is 10.3 Å². The Morgan fingerprint density at radius 2 is 1.93 bits per heavy atom. The molecule has 2 heterocycles. The van der Waals surface area contributed by atoms with E-state index in [1.165, 1.54) is 23.5 Å². The summed E-state index contributed by atoms with van der Waals surface area (Å²) in [6, 6.07) is 15.8. The van der Waals surface area contributed by atoms with Crippen molar-refractivity contribution in [1.29, 1.82) is 0 Å². The number of hydrogen-bond donors (Lipinski definition) is 2. The number of halogens is 2. The smallest absolute Gasteiger partial charge is 0.268 e. The highest BCUT2D eigenvalue weighted by Crippen LogP contribution is 2.35. The number of nitrogens with one attached hydrogen (secondary N) is 1. The van der Waals surface area contributed by atoms with Gasteiger partial charge in [0.05, 0.1) is 17.1 Å². The molecule has 30 heavy (non-hydrogen) atoms. The number of hydrogen-bond acceptors (Lipinski definition) is 4. The van der Waals surface area contributed by atoms with Gasteiger partial charge in [0.1, 0.15) is 15.5 Å². The Kier molecular flexibility index (Phi) is 5.53. The maximum absolute atomic E-state index is 14.0. The average molecular weight is 438 g/mol. The van der Waals surface area contributed by atoms with E-state index in [0.717, 1.165) is 22.9 Å². The maximum atomic E-state index is 14.0. The van der Waals surface area contributed by atoms with Crippen LogP contribution in [0.3, 0.4) is 0 Å². The standard InChI is InChI=1S/C23H17ClFN3OS/c1-2-3-13-4-6-14(7-5-13)18-11-9-16-20(26)21(30-23(16)28-18)22(29)27-19-10-8-15(24)12-17(19)25/h2-12H,26H2,1H3,(H,27,29). The number of carbonyl (C=O) groups is 1. The Labute approximate surface area is 181 Å². The van der Waals surface area contributed by atoms with Crippen molar-refractivity contribution in [2.45, 2.75) is 6.92 Å². The van der Waals surface area contributed by atoms with Crippen LogP contribution in [0.1, 0.15) is 22.2 Å². The summed E-state index contributed by atoms with van der Waals surface area (Å²) in [6.45, 7) is 1.97. The number of nitrogens with zero attached hydrogens (tertiary/aromatic N) is 1. The van der Waals surface area contributed by atoms with Gasteiger partial charge < -0.3 is 11.1 Å². The fourth-order valence-corrected chi connectivity index (χ4v) is 4.20. The number of amides is 1. The molecular formula is C23H17ClFN3OS. The molecule has 4 nitrogen and oxygen atoms in total. The third kappa shape index (κ3) is 3.92. The normalized spacial score (nSPS) is 11.3. The van der Waals surface area contributed by atoms with Gasteiger partial charge in [0, 0.05) is 16.0 Å². The number of thiophene rings is 1. The van der Waals surface area contributed by atoms with E-state index in [1.807, 2.05) is 55.5 Å². The molecule has 0 aliphatic carbocycles. The summed E-state index contributed by atoms with van der Waals surface area (Å²) < 4.78 is 14.0. The number of rotatable bonds is 4. The zero-order valence-electron chi connectivity index (χ0n) is 15.9. The van der Waals surface area contributed by atoms with Gasteiger partial charge in [0.2, 0.25) is 0 Å². The lowest BCUT2D eigenvalue weighted by molar-refractivity contribution is 0.103. The lowest BCUT2D eigenvalue weighted by Crippen LogP contribution is -2.13. The largest absolute Gasteiger partial charge is 0.397 e. The molecule has 0 fully saturated rings. The van der Waals surface area contributed by atoms with Gasteiger partial charge in [-0.15, -0.1) is 11.3 Å². The average Bonchev–Trinajstić information content (AvgIpc) is 3.07. The van der Waals surface area contributed by atoms with Gasteiger partial charge >= 0.3 is 0 Å². The highest BCUT2D eigenvalue weighted by molar-refractivity contribution is 7.21. The van der Waals surface area contributed by atoms with Crippen molar-refractivity contribution in [3.63, 3.8) is 0 Å². The maximum Gasteiger partial charge on any atom is 0.268 e. The van der Waals surface area contributed by atoms with E-state index in [0.29, 0.717) is 15.9 Å². The summed E-state index contributed by atoms with van der Waals surface area (Å²) in [6.07, 6.45) is 4.00. The molecule has 150 valence electrons. The van der Waals surface area contributed by atoms with Crippen molar-refractivity contribution < 1.29 is 9.18 Å². The molecule has 1 amide bonds. The predicted molar refractivity (Wildman–Crippen MR) is 124 cm³/mol. The summed E-state index contributed by atoms with van der Waals surface area (Å²) in [7, 11) is 0. The van der Waals surface area contributed by atoms with Crippen LogP contribution in [0.2, 0.25) is 5.02 Å². The van der Waals surface area contributed by atoms with E-state index < -0.39 is 11.7 Å². The highest BCUT2D eigenvalue weighted by Gasteiger charge is 2.19. The Morgan fingerprint density at radius 1 is 1.17 bits per heavy atom.